The quantitative estimate of drug-likeness (QED) is 0.834. The molecular weight excluding hydrogens is 252 g/mol. The van der Waals surface area contributed by atoms with Crippen molar-refractivity contribution < 1.29 is 9.53 Å². The normalized spacial score (nSPS) is 20.3. The lowest BCUT2D eigenvalue weighted by molar-refractivity contribution is -0.143. The molecule has 0 radical (unpaired) electrons. The third-order valence-corrected chi connectivity index (χ3v) is 4.21. The second-order valence-electron chi connectivity index (χ2n) is 6.47. The molecule has 3 rings (SSSR count). The van der Waals surface area contributed by atoms with Gasteiger partial charge < -0.3 is 9.64 Å². The fraction of sp³-hybridized carbons (Fsp3) is 0.562. The summed E-state index contributed by atoms with van der Waals surface area (Å²) >= 11 is 0. The maximum atomic E-state index is 12.3. The van der Waals surface area contributed by atoms with Gasteiger partial charge >= 0.3 is 0 Å². The van der Waals surface area contributed by atoms with Crippen LogP contribution in [0.2, 0.25) is 0 Å². The molecule has 0 saturated carbocycles. The number of ether oxygens (including phenoxy) is 1. The Morgan fingerprint density at radius 1 is 1.30 bits per heavy atom. The molecule has 4 nitrogen and oxygen atoms in total. The van der Waals surface area contributed by atoms with Crippen LogP contribution < -0.4 is 0 Å². The molecule has 2 aliphatic rings. The fourth-order valence-electron chi connectivity index (χ4n) is 3.03. The highest BCUT2D eigenvalue weighted by atomic mass is 16.5. The number of hydrogen-bond acceptors (Lipinski definition) is 3. The van der Waals surface area contributed by atoms with Crippen LogP contribution in [0.1, 0.15) is 18.1 Å². The molecule has 1 amide bonds. The standard InChI is InChI=1S/C16H22N2O2/c1-16(11-20-12-16)10-17(2)15(19)9-18-7-13-5-3-4-6-14(13)8-18/h3-6H,7-12H2,1-2H3. The van der Waals surface area contributed by atoms with Crippen LogP contribution in [0.15, 0.2) is 24.3 Å². The Kier molecular flexibility index (Phi) is 3.52. The summed E-state index contributed by atoms with van der Waals surface area (Å²) in [5.41, 5.74) is 2.85. The van der Waals surface area contributed by atoms with Crippen molar-refractivity contribution in [3.63, 3.8) is 0 Å². The molecule has 0 bridgehead atoms. The Labute approximate surface area is 120 Å². The van der Waals surface area contributed by atoms with Crippen molar-refractivity contribution in [3.8, 4) is 0 Å². The van der Waals surface area contributed by atoms with E-state index in [0.717, 1.165) is 32.8 Å². The summed E-state index contributed by atoms with van der Waals surface area (Å²) in [6, 6.07) is 8.42. The van der Waals surface area contributed by atoms with Crippen LogP contribution in [0.5, 0.6) is 0 Å². The van der Waals surface area contributed by atoms with Crippen LogP contribution in [-0.2, 0) is 22.6 Å². The van der Waals surface area contributed by atoms with E-state index < -0.39 is 0 Å². The molecule has 0 aliphatic carbocycles. The van der Waals surface area contributed by atoms with Crippen molar-refractivity contribution in [3.05, 3.63) is 35.4 Å². The molecule has 0 aromatic heterocycles. The Balaban J connectivity index is 1.52. The van der Waals surface area contributed by atoms with Crippen molar-refractivity contribution in [2.24, 2.45) is 5.41 Å². The number of carbonyl (C=O) groups excluding carboxylic acids is 1. The van der Waals surface area contributed by atoms with Gasteiger partial charge in [0.05, 0.1) is 19.8 Å². The van der Waals surface area contributed by atoms with E-state index in [0.29, 0.717) is 6.54 Å². The third kappa shape index (κ3) is 2.72. The van der Waals surface area contributed by atoms with Gasteiger partial charge in [-0.1, -0.05) is 31.2 Å². The average Bonchev–Trinajstić information content (AvgIpc) is 2.78. The van der Waals surface area contributed by atoms with E-state index in [1.807, 2.05) is 11.9 Å². The highest BCUT2D eigenvalue weighted by Gasteiger charge is 2.35. The Morgan fingerprint density at radius 3 is 2.40 bits per heavy atom. The molecule has 1 saturated heterocycles. The van der Waals surface area contributed by atoms with Crippen LogP contribution in [0.4, 0.5) is 0 Å². The summed E-state index contributed by atoms with van der Waals surface area (Å²) in [6.07, 6.45) is 0. The average molecular weight is 274 g/mol. The number of carbonyl (C=O) groups is 1. The van der Waals surface area contributed by atoms with E-state index in [-0.39, 0.29) is 11.3 Å². The van der Waals surface area contributed by atoms with E-state index >= 15 is 0 Å². The minimum absolute atomic E-state index is 0.151. The third-order valence-electron chi connectivity index (χ3n) is 4.21. The highest BCUT2D eigenvalue weighted by molar-refractivity contribution is 5.78. The lowest BCUT2D eigenvalue weighted by Gasteiger charge is -2.41. The number of likely N-dealkylation sites (N-methyl/N-ethyl adjacent to an activating group) is 1. The summed E-state index contributed by atoms with van der Waals surface area (Å²) in [5.74, 6) is 0.200. The molecule has 0 N–H and O–H groups in total. The van der Waals surface area contributed by atoms with Crippen LogP contribution in [0, 0.1) is 5.41 Å². The lowest BCUT2D eigenvalue weighted by Crippen LogP contribution is -2.50. The van der Waals surface area contributed by atoms with Crippen LogP contribution in [-0.4, -0.2) is 49.1 Å². The second-order valence-corrected chi connectivity index (χ2v) is 6.47. The molecule has 4 heteroatoms. The molecule has 0 unspecified atom stereocenters. The smallest absolute Gasteiger partial charge is 0.236 e. The lowest BCUT2D eigenvalue weighted by atomic mass is 9.88. The van der Waals surface area contributed by atoms with E-state index in [4.69, 9.17) is 4.74 Å². The fourth-order valence-corrected chi connectivity index (χ4v) is 3.03. The summed E-state index contributed by atoms with van der Waals surface area (Å²) < 4.78 is 5.25. The Morgan fingerprint density at radius 2 is 1.90 bits per heavy atom. The Hall–Kier alpha value is -1.39. The number of benzene rings is 1. The van der Waals surface area contributed by atoms with Gasteiger partial charge in [0.15, 0.2) is 0 Å². The first-order valence-electron chi connectivity index (χ1n) is 7.17. The van der Waals surface area contributed by atoms with Gasteiger partial charge in [-0.15, -0.1) is 0 Å². The Bertz CT molecular complexity index is 486. The molecule has 2 heterocycles. The minimum Gasteiger partial charge on any atom is -0.380 e. The minimum atomic E-state index is 0.151. The monoisotopic (exact) mass is 274 g/mol. The van der Waals surface area contributed by atoms with E-state index in [9.17, 15) is 4.79 Å². The van der Waals surface area contributed by atoms with Gasteiger partial charge in [-0.2, -0.15) is 0 Å². The maximum absolute atomic E-state index is 12.3. The summed E-state index contributed by atoms with van der Waals surface area (Å²) in [5, 5.41) is 0. The zero-order valence-corrected chi connectivity index (χ0v) is 12.3. The van der Waals surface area contributed by atoms with Crippen LogP contribution >= 0.6 is 0 Å². The van der Waals surface area contributed by atoms with Gasteiger partial charge in [-0.05, 0) is 11.1 Å². The topological polar surface area (TPSA) is 32.8 Å². The molecular formula is C16H22N2O2. The molecule has 1 aromatic rings. The van der Waals surface area contributed by atoms with E-state index in [1.54, 1.807) is 0 Å². The zero-order chi connectivity index (χ0) is 14.2. The van der Waals surface area contributed by atoms with Crippen molar-refractivity contribution >= 4 is 5.91 Å². The first-order chi connectivity index (χ1) is 9.56. The molecule has 108 valence electrons. The molecule has 1 aromatic carbocycles. The summed E-state index contributed by atoms with van der Waals surface area (Å²) in [7, 11) is 1.90. The second kappa shape index (κ2) is 5.19. The van der Waals surface area contributed by atoms with Gasteiger partial charge in [-0.25, -0.2) is 0 Å². The van der Waals surface area contributed by atoms with Gasteiger partial charge in [0.1, 0.15) is 0 Å². The molecule has 0 spiro atoms. The first-order valence-corrected chi connectivity index (χ1v) is 7.17. The van der Waals surface area contributed by atoms with Crippen molar-refractivity contribution in [2.75, 3.05) is 33.4 Å². The number of hydrogen-bond donors (Lipinski definition) is 0. The SMILES string of the molecule is CN(CC1(C)COC1)C(=O)CN1Cc2ccccc2C1. The van der Waals surface area contributed by atoms with Crippen molar-refractivity contribution in [2.45, 2.75) is 20.0 Å². The maximum Gasteiger partial charge on any atom is 0.236 e. The molecule has 2 aliphatic heterocycles. The summed E-state index contributed by atoms with van der Waals surface area (Å²) in [6.45, 7) is 6.76. The predicted molar refractivity (Wildman–Crippen MR) is 77.1 cm³/mol. The summed E-state index contributed by atoms with van der Waals surface area (Å²) in [4.78, 5) is 16.4. The highest BCUT2D eigenvalue weighted by Crippen LogP contribution is 2.27. The molecule has 1 fully saturated rings. The van der Waals surface area contributed by atoms with Gasteiger partial charge in [0, 0.05) is 32.1 Å². The van der Waals surface area contributed by atoms with Crippen LogP contribution in [0.25, 0.3) is 0 Å². The molecule has 0 atom stereocenters. The van der Waals surface area contributed by atoms with Crippen molar-refractivity contribution in [1.82, 2.24) is 9.80 Å². The number of nitrogens with zero attached hydrogens (tertiary/aromatic N) is 2. The largest absolute Gasteiger partial charge is 0.380 e. The van der Waals surface area contributed by atoms with Crippen molar-refractivity contribution in [1.29, 1.82) is 0 Å². The number of amides is 1. The molecule has 20 heavy (non-hydrogen) atoms. The number of fused-ring (bicyclic) bond motifs is 1. The van der Waals surface area contributed by atoms with Crippen LogP contribution in [0.3, 0.4) is 0 Å². The zero-order valence-electron chi connectivity index (χ0n) is 12.3. The number of rotatable bonds is 4. The van der Waals surface area contributed by atoms with E-state index in [1.165, 1.54) is 11.1 Å². The van der Waals surface area contributed by atoms with Gasteiger partial charge in [0.2, 0.25) is 5.91 Å². The van der Waals surface area contributed by atoms with Gasteiger partial charge in [-0.3, -0.25) is 9.69 Å². The van der Waals surface area contributed by atoms with Gasteiger partial charge in [0.25, 0.3) is 0 Å². The first kappa shape index (κ1) is 13.6. The van der Waals surface area contributed by atoms with E-state index in [2.05, 4.69) is 36.1 Å². The predicted octanol–water partition coefficient (Wildman–Crippen LogP) is 1.50.